The lowest BCUT2D eigenvalue weighted by molar-refractivity contribution is 0.631. The number of rotatable bonds is 2. The molecule has 0 aliphatic heterocycles. The van der Waals surface area contributed by atoms with Crippen LogP contribution in [-0.4, -0.2) is 0 Å². The Bertz CT molecular complexity index is 951. The van der Waals surface area contributed by atoms with Crippen LogP contribution in [-0.2, 0) is 0 Å². The number of fused-ring (bicyclic) bond motifs is 1. The first kappa shape index (κ1) is 14.6. The van der Waals surface area contributed by atoms with Crippen LogP contribution >= 0.6 is 0 Å². The smallest absolute Gasteiger partial charge is 0.131 e. The molecule has 0 aliphatic rings. The van der Waals surface area contributed by atoms with Crippen molar-refractivity contribution in [1.82, 2.24) is 0 Å². The minimum Gasteiger partial charge on any atom is -0.206 e. The number of benzene rings is 4. The highest BCUT2D eigenvalue weighted by Gasteiger charge is 2.13. The van der Waals surface area contributed by atoms with Crippen molar-refractivity contribution in [2.24, 2.45) is 0 Å². The molecule has 0 bridgehead atoms. The van der Waals surface area contributed by atoms with E-state index in [0.717, 1.165) is 21.9 Å². The van der Waals surface area contributed by atoms with Crippen LogP contribution in [0.25, 0.3) is 33.0 Å². The SMILES string of the molecule is Cc1ccccc1-c1cccc2cccc(-c3ccccc3F)c12. The molecule has 0 spiro atoms. The standard InChI is InChI=1S/C23H17F/c1-16-8-2-3-11-18(16)20-13-6-9-17-10-7-14-21(23(17)20)19-12-4-5-15-22(19)24/h2-15H,1H3. The lowest BCUT2D eigenvalue weighted by Crippen LogP contribution is -1.90. The van der Waals surface area contributed by atoms with Crippen molar-refractivity contribution in [3.8, 4) is 22.3 Å². The summed E-state index contributed by atoms with van der Waals surface area (Å²) in [5.41, 5.74) is 5.12. The Morgan fingerprint density at radius 3 is 1.75 bits per heavy atom. The van der Waals surface area contributed by atoms with Crippen LogP contribution in [0.15, 0.2) is 84.9 Å². The molecule has 0 N–H and O–H groups in total. The van der Waals surface area contributed by atoms with Crippen molar-refractivity contribution < 1.29 is 4.39 Å². The minimum absolute atomic E-state index is 0.190. The molecule has 0 atom stereocenters. The van der Waals surface area contributed by atoms with E-state index in [4.69, 9.17) is 0 Å². The van der Waals surface area contributed by atoms with Gasteiger partial charge in [-0.1, -0.05) is 78.9 Å². The number of aryl methyl sites for hydroxylation is 1. The summed E-state index contributed by atoms with van der Waals surface area (Å²) in [6.45, 7) is 2.11. The average Bonchev–Trinajstić information content (AvgIpc) is 2.62. The Morgan fingerprint density at radius 2 is 1.08 bits per heavy atom. The predicted octanol–water partition coefficient (Wildman–Crippen LogP) is 6.62. The van der Waals surface area contributed by atoms with Crippen molar-refractivity contribution in [2.45, 2.75) is 6.92 Å². The third-order valence-electron chi connectivity index (χ3n) is 4.50. The zero-order chi connectivity index (χ0) is 16.5. The monoisotopic (exact) mass is 312 g/mol. The Labute approximate surface area is 141 Å². The van der Waals surface area contributed by atoms with Crippen molar-refractivity contribution >= 4 is 10.8 Å². The highest BCUT2D eigenvalue weighted by Crippen LogP contribution is 2.38. The molecule has 0 unspecified atom stereocenters. The van der Waals surface area contributed by atoms with Crippen LogP contribution in [0.2, 0.25) is 0 Å². The molecule has 0 aliphatic carbocycles. The molecular weight excluding hydrogens is 295 g/mol. The highest BCUT2D eigenvalue weighted by atomic mass is 19.1. The fourth-order valence-corrected chi connectivity index (χ4v) is 3.34. The Hall–Kier alpha value is -2.93. The quantitative estimate of drug-likeness (QED) is 0.390. The third kappa shape index (κ3) is 2.39. The summed E-state index contributed by atoms with van der Waals surface area (Å²) in [4.78, 5) is 0. The van der Waals surface area contributed by atoms with Gasteiger partial charge in [-0.15, -0.1) is 0 Å². The number of halogens is 1. The minimum atomic E-state index is -0.190. The van der Waals surface area contributed by atoms with E-state index in [1.54, 1.807) is 6.07 Å². The maximum Gasteiger partial charge on any atom is 0.131 e. The van der Waals surface area contributed by atoms with Crippen LogP contribution in [0.1, 0.15) is 5.56 Å². The van der Waals surface area contributed by atoms with E-state index in [1.807, 2.05) is 36.4 Å². The first-order chi connectivity index (χ1) is 11.8. The highest BCUT2D eigenvalue weighted by molar-refractivity contribution is 6.06. The van der Waals surface area contributed by atoms with Gasteiger partial charge in [0.2, 0.25) is 0 Å². The topological polar surface area (TPSA) is 0 Å². The van der Waals surface area contributed by atoms with Crippen molar-refractivity contribution in [2.75, 3.05) is 0 Å². The second-order valence-electron chi connectivity index (χ2n) is 6.00. The first-order valence-electron chi connectivity index (χ1n) is 8.08. The lowest BCUT2D eigenvalue weighted by Gasteiger charge is -2.14. The van der Waals surface area contributed by atoms with E-state index < -0.39 is 0 Å². The largest absolute Gasteiger partial charge is 0.206 e. The summed E-state index contributed by atoms with van der Waals surface area (Å²) < 4.78 is 14.4. The van der Waals surface area contributed by atoms with Gasteiger partial charge >= 0.3 is 0 Å². The van der Waals surface area contributed by atoms with Crippen LogP contribution in [0.3, 0.4) is 0 Å². The molecule has 4 aromatic rings. The van der Waals surface area contributed by atoms with Gasteiger partial charge in [-0.25, -0.2) is 4.39 Å². The number of hydrogen-bond donors (Lipinski definition) is 0. The lowest BCUT2D eigenvalue weighted by atomic mass is 9.90. The summed E-state index contributed by atoms with van der Waals surface area (Å²) >= 11 is 0. The van der Waals surface area contributed by atoms with E-state index in [9.17, 15) is 4.39 Å². The van der Waals surface area contributed by atoms with Crippen LogP contribution in [0.4, 0.5) is 4.39 Å². The second kappa shape index (κ2) is 5.93. The van der Waals surface area contributed by atoms with Gasteiger partial charge in [-0.2, -0.15) is 0 Å². The molecule has 4 rings (SSSR count). The summed E-state index contributed by atoms with van der Waals surface area (Å²) in [5, 5.41) is 2.22. The molecule has 0 saturated carbocycles. The van der Waals surface area contributed by atoms with E-state index in [1.165, 1.54) is 17.2 Å². The summed E-state index contributed by atoms with van der Waals surface area (Å²) in [7, 11) is 0. The van der Waals surface area contributed by atoms with Gasteiger partial charge in [0, 0.05) is 5.56 Å². The Morgan fingerprint density at radius 1 is 0.542 bits per heavy atom. The van der Waals surface area contributed by atoms with Gasteiger partial charge in [0.1, 0.15) is 5.82 Å². The molecule has 4 aromatic carbocycles. The van der Waals surface area contributed by atoms with E-state index in [-0.39, 0.29) is 5.82 Å². The summed E-state index contributed by atoms with van der Waals surface area (Å²) in [6, 6.07) is 27.7. The molecule has 116 valence electrons. The van der Waals surface area contributed by atoms with Gasteiger partial charge in [0.15, 0.2) is 0 Å². The van der Waals surface area contributed by atoms with E-state index >= 15 is 0 Å². The molecule has 0 fully saturated rings. The second-order valence-corrected chi connectivity index (χ2v) is 6.00. The van der Waals surface area contributed by atoms with Crippen molar-refractivity contribution in [1.29, 1.82) is 0 Å². The van der Waals surface area contributed by atoms with Gasteiger partial charge in [0.05, 0.1) is 0 Å². The van der Waals surface area contributed by atoms with E-state index in [2.05, 4.69) is 43.3 Å². The number of hydrogen-bond acceptors (Lipinski definition) is 0. The van der Waals surface area contributed by atoms with Gasteiger partial charge in [-0.3, -0.25) is 0 Å². The van der Waals surface area contributed by atoms with Crippen LogP contribution in [0.5, 0.6) is 0 Å². The van der Waals surface area contributed by atoms with Gasteiger partial charge in [0.25, 0.3) is 0 Å². The van der Waals surface area contributed by atoms with E-state index in [0.29, 0.717) is 5.56 Å². The van der Waals surface area contributed by atoms with Gasteiger partial charge < -0.3 is 0 Å². The summed E-state index contributed by atoms with van der Waals surface area (Å²) in [6.07, 6.45) is 0. The molecule has 24 heavy (non-hydrogen) atoms. The fraction of sp³-hybridized carbons (Fsp3) is 0.0435. The molecule has 0 nitrogen and oxygen atoms in total. The maximum absolute atomic E-state index is 14.4. The fourth-order valence-electron chi connectivity index (χ4n) is 3.34. The Balaban J connectivity index is 2.11. The molecular formula is C23H17F. The van der Waals surface area contributed by atoms with Crippen LogP contribution in [0, 0.1) is 12.7 Å². The zero-order valence-electron chi connectivity index (χ0n) is 13.5. The molecule has 1 heteroatoms. The van der Waals surface area contributed by atoms with Crippen molar-refractivity contribution in [3.63, 3.8) is 0 Å². The van der Waals surface area contributed by atoms with Crippen LogP contribution < -0.4 is 0 Å². The molecule has 0 aromatic heterocycles. The molecule has 0 saturated heterocycles. The maximum atomic E-state index is 14.4. The zero-order valence-corrected chi connectivity index (χ0v) is 13.5. The molecule has 0 amide bonds. The summed E-state index contributed by atoms with van der Waals surface area (Å²) in [5.74, 6) is -0.190. The normalized spacial score (nSPS) is 10.9. The first-order valence-corrected chi connectivity index (χ1v) is 8.08. The third-order valence-corrected chi connectivity index (χ3v) is 4.50. The molecule has 0 heterocycles. The Kier molecular flexibility index (Phi) is 3.62. The predicted molar refractivity (Wildman–Crippen MR) is 99.5 cm³/mol. The molecule has 0 radical (unpaired) electrons. The van der Waals surface area contributed by atoms with Crippen molar-refractivity contribution in [3.05, 3.63) is 96.3 Å². The van der Waals surface area contributed by atoms with Gasteiger partial charge in [-0.05, 0) is 46.0 Å². The average molecular weight is 312 g/mol.